The van der Waals surface area contributed by atoms with Gasteiger partial charge in [-0.2, -0.15) is 0 Å². The first-order chi connectivity index (χ1) is 19.2. The fourth-order valence-corrected chi connectivity index (χ4v) is 4.82. The number of rotatable bonds is 7. The standard InChI is InChI=1S/C31H37N5O4/c1-31(2,3)40-30(37)36-14-12-35(13-15-36)24-10-7-22(8-11-24)27-19-28-29(34-27)32-20-23(33-28)9-6-21-16-25(38-4)18-26(17-21)39-5/h7-8,10-11,16-20H,6,9,12-15H2,1-5H3,(H,32,34). The molecule has 3 heterocycles. The quantitative estimate of drug-likeness (QED) is 0.330. The third kappa shape index (κ3) is 6.47. The van der Waals surface area contributed by atoms with Gasteiger partial charge in [-0.3, -0.25) is 0 Å². The van der Waals surface area contributed by atoms with E-state index in [0.717, 1.165) is 76.8 Å². The second-order valence-electron chi connectivity index (χ2n) is 11.0. The van der Waals surface area contributed by atoms with Crippen molar-refractivity contribution in [2.24, 2.45) is 0 Å². The van der Waals surface area contributed by atoms with Gasteiger partial charge in [0.2, 0.25) is 0 Å². The molecule has 9 heteroatoms. The Balaban J connectivity index is 1.21. The second-order valence-corrected chi connectivity index (χ2v) is 11.0. The molecule has 0 saturated carbocycles. The lowest BCUT2D eigenvalue weighted by atomic mass is 10.1. The third-order valence-electron chi connectivity index (χ3n) is 6.94. The first-order valence-electron chi connectivity index (χ1n) is 13.6. The average Bonchev–Trinajstić information content (AvgIpc) is 3.39. The number of carbonyl (C=O) groups is 1. The van der Waals surface area contributed by atoms with Crippen LogP contribution in [0.25, 0.3) is 22.4 Å². The van der Waals surface area contributed by atoms with E-state index >= 15 is 0 Å². The number of aromatic nitrogens is 3. The molecule has 0 bridgehead atoms. The van der Waals surface area contributed by atoms with Gasteiger partial charge in [-0.1, -0.05) is 12.1 Å². The molecule has 0 radical (unpaired) electrons. The molecule has 1 aliphatic rings. The van der Waals surface area contributed by atoms with Crippen molar-refractivity contribution in [3.8, 4) is 22.8 Å². The maximum absolute atomic E-state index is 12.4. The number of carbonyl (C=O) groups excluding carboxylic acids is 1. The Kier molecular flexibility index (Phi) is 7.82. The number of ether oxygens (including phenoxy) is 3. The average molecular weight is 544 g/mol. The Hall–Kier alpha value is -4.27. The summed E-state index contributed by atoms with van der Waals surface area (Å²) in [4.78, 5) is 29.3. The van der Waals surface area contributed by atoms with Crippen LogP contribution in [0, 0.1) is 0 Å². The Bertz CT molecular complexity index is 1450. The Labute approximate surface area is 235 Å². The van der Waals surface area contributed by atoms with Gasteiger partial charge in [0.25, 0.3) is 0 Å². The van der Waals surface area contributed by atoms with Gasteiger partial charge in [-0.25, -0.2) is 14.8 Å². The third-order valence-corrected chi connectivity index (χ3v) is 6.94. The number of nitrogens with zero attached hydrogens (tertiary/aromatic N) is 4. The maximum Gasteiger partial charge on any atom is 0.410 e. The smallest absolute Gasteiger partial charge is 0.410 e. The van der Waals surface area contributed by atoms with Crippen LogP contribution >= 0.6 is 0 Å². The minimum absolute atomic E-state index is 0.243. The van der Waals surface area contributed by atoms with E-state index in [-0.39, 0.29) is 6.09 Å². The number of methoxy groups -OCH3 is 2. The van der Waals surface area contributed by atoms with Crippen molar-refractivity contribution < 1.29 is 19.0 Å². The zero-order valence-corrected chi connectivity index (χ0v) is 23.9. The highest BCUT2D eigenvalue weighted by Gasteiger charge is 2.26. The van der Waals surface area contributed by atoms with Crippen LogP contribution in [0.5, 0.6) is 11.5 Å². The van der Waals surface area contributed by atoms with Crippen LogP contribution in [0.3, 0.4) is 0 Å². The van der Waals surface area contributed by atoms with Gasteiger partial charge >= 0.3 is 6.09 Å². The molecule has 40 heavy (non-hydrogen) atoms. The number of nitrogens with one attached hydrogen (secondary N) is 1. The maximum atomic E-state index is 12.4. The zero-order valence-electron chi connectivity index (χ0n) is 23.9. The molecule has 9 nitrogen and oxygen atoms in total. The van der Waals surface area contributed by atoms with Gasteiger partial charge in [-0.05, 0) is 75.1 Å². The molecule has 210 valence electrons. The lowest BCUT2D eigenvalue weighted by Crippen LogP contribution is -2.50. The van der Waals surface area contributed by atoms with E-state index in [2.05, 4.69) is 45.2 Å². The SMILES string of the molecule is COc1cc(CCc2cnc3[nH]c(-c4ccc(N5CCN(C(=O)OC(C)(C)C)CC5)cc4)cc3n2)cc(OC)c1. The zero-order chi connectivity index (χ0) is 28.3. The first kappa shape index (κ1) is 27.3. The molecule has 0 spiro atoms. The Morgan fingerprint density at radius 2 is 1.60 bits per heavy atom. The number of aryl methyl sites for hydroxylation is 2. The number of hydrogen-bond acceptors (Lipinski definition) is 7. The van der Waals surface area contributed by atoms with E-state index in [1.54, 1.807) is 19.1 Å². The molecule has 0 unspecified atom stereocenters. The lowest BCUT2D eigenvalue weighted by Gasteiger charge is -2.36. The monoisotopic (exact) mass is 543 g/mol. The molecule has 0 atom stereocenters. The molecule has 2 aromatic heterocycles. The largest absolute Gasteiger partial charge is 0.497 e. The summed E-state index contributed by atoms with van der Waals surface area (Å²) in [6.07, 6.45) is 3.15. The lowest BCUT2D eigenvalue weighted by molar-refractivity contribution is 0.0240. The predicted octanol–water partition coefficient (Wildman–Crippen LogP) is 5.48. The van der Waals surface area contributed by atoms with Crippen molar-refractivity contribution in [1.82, 2.24) is 19.9 Å². The van der Waals surface area contributed by atoms with Crippen molar-refractivity contribution in [1.29, 1.82) is 0 Å². The van der Waals surface area contributed by atoms with Crippen LogP contribution in [0.15, 0.2) is 54.7 Å². The van der Waals surface area contributed by atoms with E-state index in [1.165, 1.54) is 0 Å². The number of piperazine rings is 1. The van der Waals surface area contributed by atoms with E-state index in [0.29, 0.717) is 13.1 Å². The van der Waals surface area contributed by atoms with Crippen molar-refractivity contribution in [2.75, 3.05) is 45.3 Å². The summed E-state index contributed by atoms with van der Waals surface area (Å²) in [5, 5.41) is 0. The van der Waals surface area contributed by atoms with E-state index < -0.39 is 5.60 Å². The molecular formula is C31H37N5O4. The van der Waals surface area contributed by atoms with Crippen LogP contribution < -0.4 is 14.4 Å². The molecule has 4 aromatic rings. The first-order valence-corrected chi connectivity index (χ1v) is 13.6. The molecule has 0 aliphatic carbocycles. The minimum Gasteiger partial charge on any atom is -0.497 e. The van der Waals surface area contributed by atoms with Gasteiger partial charge in [0.1, 0.15) is 22.6 Å². The number of aromatic amines is 1. The summed E-state index contributed by atoms with van der Waals surface area (Å²) in [6.45, 7) is 8.50. The predicted molar refractivity (Wildman–Crippen MR) is 156 cm³/mol. The topological polar surface area (TPSA) is 92.8 Å². The molecule has 1 aliphatic heterocycles. The molecule has 1 N–H and O–H groups in total. The van der Waals surface area contributed by atoms with Crippen LogP contribution in [0.2, 0.25) is 0 Å². The number of anilines is 1. The molecule has 1 amide bonds. The van der Waals surface area contributed by atoms with Crippen LogP contribution in [0.1, 0.15) is 32.0 Å². The van der Waals surface area contributed by atoms with Crippen molar-refractivity contribution in [3.05, 3.63) is 66.0 Å². The number of fused-ring (bicyclic) bond motifs is 1. The Morgan fingerprint density at radius 3 is 2.23 bits per heavy atom. The summed E-state index contributed by atoms with van der Waals surface area (Å²) in [7, 11) is 3.31. The fourth-order valence-electron chi connectivity index (χ4n) is 4.82. The summed E-state index contributed by atoms with van der Waals surface area (Å²) >= 11 is 0. The molecular weight excluding hydrogens is 506 g/mol. The number of hydrogen-bond donors (Lipinski definition) is 1. The highest BCUT2D eigenvalue weighted by molar-refractivity contribution is 5.80. The molecule has 1 saturated heterocycles. The number of amides is 1. The summed E-state index contributed by atoms with van der Waals surface area (Å²) in [6, 6.07) is 16.4. The van der Waals surface area contributed by atoms with Gasteiger partial charge in [-0.15, -0.1) is 0 Å². The van der Waals surface area contributed by atoms with Gasteiger partial charge in [0.05, 0.1) is 26.1 Å². The van der Waals surface area contributed by atoms with Crippen molar-refractivity contribution in [3.63, 3.8) is 0 Å². The Morgan fingerprint density at radius 1 is 0.925 bits per heavy atom. The normalized spacial score (nSPS) is 13.9. The van der Waals surface area contributed by atoms with Crippen molar-refractivity contribution in [2.45, 2.75) is 39.2 Å². The van der Waals surface area contributed by atoms with Crippen LogP contribution in [-0.4, -0.2) is 71.9 Å². The summed E-state index contributed by atoms with van der Waals surface area (Å²) in [5.74, 6) is 1.56. The van der Waals surface area contributed by atoms with Gasteiger partial charge in [0.15, 0.2) is 5.65 Å². The van der Waals surface area contributed by atoms with Crippen LogP contribution in [-0.2, 0) is 17.6 Å². The van der Waals surface area contributed by atoms with E-state index in [9.17, 15) is 4.79 Å². The van der Waals surface area contributed by atoms with Gasteiger partial charge < -0.3 is 29.0 Å². The van der Waals surface area contributed by atoms with E-state index in [1.807, 2.05) is 45.2 Å². The number of H-pyrrole nitrogens is 1. The molecule has 5 rings (SSSR count). The van der Waals surface area contributed by atoms with Crippen molar-refractivity contribution >= 4 is 22.9 Å². The summed E-state index contributed by atoms with van der Waals surface area (Å²) < 4.78 is 16.3. The second kappa shape index (κ2) is 11.5. The van der Waals surface area contributed by atoms with E-state index in [4.69, 9.17) is 19.2 Å². The van der Waals surface area contributed by atoms with Gasteiger partial charge in [0, 0.05) is 43.6 Å². The molecule has 2 aromatic carbocycles. The molecule has 1 fully saturated rings. The van der Waals surface area contributed by atoms with Crippen LogP contribution in [0.4, 0.5) is 10.5 Å². The highest BCUT2D eigenvalue weighted by Crippen LogP contribution is 2.27. The fraction of sp³-hybridized carbons (Fsp3) is 0.387. The number of benzene rings is 2. The highest BCUT2D eigenvalue weighted by atomic mass is 16.6. The minimum atomic E-state index is -0.481. The summed E-state index contributed by atoms with van der Waals surface area (Å²) in [5.41, 5.74) is 6.37.